The van der Waals surface area contributed by atoms with Crippen LogP contribution in [0.1, 0.15) is 24.0 Å². The summed E-state index contributed by atoms with van der Waals surface area (Å²) in [6.45, 7) is 1.06. The number of aryl methyl sites for hydroxylation is 1. The Morgan fingerprint density at radius 2 is 1.88 bits per heavy atom. The van der Waals surface area contributed by atoms with Crippen molar-refractivity contribution in [3.8, 4) is 17.2 Å². The molecule has 1 aliphatic heterocycles. The van der Waals surface area contributed by atoms with Crippen molar-refractivity contribution in [2.45, 2.75) is 25.7 Å². The van der Waals surface area contributed by atoms with Crippen molar-refractivity contribution in [2.24, 2.45) is 0 Å². The highest BCUT2D eigenvalue weighted by Crippen LogP contribution is 2.33. The third kappa shape index (κ3) is 3.55. The topological polar surface area (TPSA) is 56.8 Å². The van der Waals surface area contributed by atoms with Crippen LogP contribution in [0.15, 0.2) is 36.4 Å². The van der Waals surface area contributed by atoms with Crippen molar-refractivity contribution < 1.29 is 19.0 Å². The zero-order chi connectivity index (χ0) is 17.1. The van der Waals surface area contributed by atoms with Crippen molar-refractivity contribution in [1.29, 1.82) is 0 Å². The van der Waals surface area contributed by atoms with Gasteiger partial charge in [0, 0.05) is 11.8 Å². The number of carbonyl (C=O) groups is 1. The van der Waals surface area contributed by atoms with Gasteiger partial charge in [0.15, 0.2) is 18.1 Å². The number of hydrogen-bond donors (Lipinski definition) is 1. The zero-order valence-corrected chi connectivity index (χ0v) is 14.0. The molecule has 0 unspecified atom stereocenters. The maximum atomic E-state index is 12.2. The Morgan fingerprint density at radius 1 is 1.04 bits per heavy atom. The predicted octanol–water partition coefficient (Wildman–Crippen LogP) is 3.35. The van der Waals surface area contributed by atoms with E-state index in [1.165, 1.54) is 24.0 Å². The fourth-order valence-corrected chi connectivity index (χ4v) is 3.34. The third-order valence-corrected chi connectivity index (χ3v) is 4.54. The molecular weight excluding hydrogens is 318 g/mol. The molecule has 2 aliphatic rings. The van der Waals surface area contributed by atoms with Crippen molar-refractivity contribution in [2.75, 3.05) is 25.1 Å². The molecule has 0 bridgehead atoms. The lowest BCUT2D eigenvalue weighted by Crippen LogP contribution is -2.21. The maximum Gasteiger partial charge on any atom is 0.262 e. The largest absolute Gasteiger partial charge is 0.486 e. The fourth-order valence-electron chi connectivity index (χ4n) is 3.34. The van der Waals surface area contributed by atoms with E-state index in [9.17, 15) is 4.79 Å². The van der Waals surface area contributed by atoms with Crippen LogP contribution >= 0.6 is 0 Å². The standard InChI is InChI=1S/C20H21NO4/c22-20(21-15-8-9-18-19(12-15)24-11-10-23-18)13-25-17-7-3-5-14-4-1-2-6-16(14)17/h3,5,7-9,12H,1-2,4,6,10-11,13H2,(H,21,22). The quantitative estimate of drug-likeness (QED) is 0.928. The summed E-state index contributed by atoms with van der Waals surface area (Å²) in [5.74, 6) is 2.00. The molecule has 0 aromatic heterocycles. The summed E-state index contributed by atoms with van der Waals surface area (Å²) in [5, 5.41) is 2.84. The molecule has 25 heavy (non-hydrogen) atoms. The normalized spacial score (nSPS) is 15.2. The van der Waals surface area contributed by atoms with Gasteiger partial charge in [-0.05, 0) is 55.0 Å². The van der Waals surface area contributed by atoms with Gasteiger partial charge in [-0.25, -0.2) is 0 Å². The Kier molecular flexibility index (Phi) is 4.46. The first-order valence-corrected chi connectivity index (χ1v) is 8.73. The molecule has 2 aromatic carbocycles. The van der Waals surface area contributed by atoms with Crippen LogP contribution in [0.4, 0.5) is 5.69 Å². The number of rotatable bonds is 4. The molecule has 1 N–H and O–H groups in total. The molecule has 0 fully saturated rings. The molecule has 0 saturated carbocycles. The highest BCUT2D eigenvalue weighted by Gasteiger charge is 2.16. The van der Waals surface area contributed by atoms with Gasteiger partial charge in [-0.1, -0.05) is 12.1 Å². The van der Waals surface area contributed by atoms with Gasteiger partial charge in [-0.2, -0.15) is 0 Å². The molecule has 1 amide bonds. The summed E-state index contributed by atoms with van der Waals surface area (Å²) in [7, 11) is 0. The molecule has 1 heterocycles. The number of nitrogens with one attached hydrogen (secondary N) is 1. The van der Waals surface area contributed by atoms with Crippen molar-refractivity contribution in [3.05, 3.63) is 47.5 Å². The zero-order valence-electron chi connectivity index (χ0n) is 14.0. The predicted molar refractivity (Wildman–Crippen MR) is 94.6 cm³/mol. The minimum Gasteiger partial charge on any atom is -0.486 e. The summed E-state index contributed by atoms with van der Waals surface area (Å²) in [6.07, 6.45) is 4.52. The van der Waals surface area contributed by atoms with Gasteiger partial charge in [0.2, 0.25) is 0 Å². The van der Waals surface area contributed by atoms with Crippen LogP contribution < -0.4 is 19.5 Å². The Bertz CT molecular complexity index is 787. The van der Waals surface area contributed by atoms with E-state index in [-0.39, 0.29) is 12.5 Å². The Hall–Kier alpha value is -2.69. The molecule has 0 radical (unpaired) electrons. The number of amides is 1. The SMILES string of the molecule is O=C(COc1cccc2c1CCCC2)Nc1ccc2c(c1)OCCO2. The van der Waals surface area contributed by atoms with Crippen LogP contribution in [-0.2, 0) is 17.6 Å². The average Bonchev–Trinajstić information content (AvgIpc) is 2.66. The van der Waals surface area contributed by atoms with Crippen LogP contribution in [0, 0.1) is 0 Å². The Labute approximate surface area is 146 Å². The molecule has 4 rings (SSSR count). The molecule has 5 nitrogen and oxygen atoms in total. The van der Waals surface area contributed by atoms with Crippen molar-refractivity contribution in [1.82, 2.24) is 0 Å². The minimum absolute atomic E-state index is 0.00903. The van der Waals surface area contributed by atoms with Crippen LogP contribution in [0.2, 0.25) is 0 Å². The first-order valence-electron chi connectivity index (χ1n) is 8.73. The van der Waals surface area contributed by atoms with E-state index >= 15 is 0 Å². The summed E-state index contributed by atoms with van der Waals surface area (Å²) >= 11 is 0. The first kappa shape index (κ1) is 15.8. The van der Waals surface area contributed by atoms with Crippen LogP contribution in [0.3, 0.4) is 0 Å². The molecule has 0 spiro atoms. The highest BCUT2D eigenvalue weighted by molar-refractivity contribution is 5.92. The number of carbonyl (C=O) groups excluding carboxylic acids is 1. The number of hydrogen-bond acceptors (Lipinski definition) is 4. The number of anilines is 1. The van der Waals surface area contributed by atoms with Gasteiger partial charge in [0.05, 0.1) is 0 Å². The van der Waals surface area contributed by atoms with E-state index in [2.05, 4.69) is 11.4 Å². The van der Waals surface area contributed by atoms with E-state index < -0.39 is 0 Å². The maximum absolute atomic E-state index is 12.2. The third-order valence-electron chi connectivity index (χ3n) is 4.54. The first-order chi connectivity index (χ1) is 12.3. The summed E-state index contributed by atoms with van der Waals surface area (Å²) in [4.78, 5) is 12.2. The molecule has 0 atom stereocenters. The summed E-state index contributed by atoms with van der Waals surface area (Å²) in [6, 6.07) is 11.5. The highest BCUT2D eigenvalue weighted by atomic mass is 16.6. The smallest absolute Gasteiger partial charge is 0.262 e. The number of ether oxygens (including phenoxy) is 3. The fraction of sp³-hybridized carbons (Fsp3) is 0.350. The van der Waals surface area contributed by atoms with Gasteiger partial charge < -0.3 is 19.5 Å². The van der Waals surface area contributed by atoms with E-state index in [0.717, 1.165) is 18.6 Å². The van der Waals surface area contributed by atoms with Crippen molar-refractivity contribution in [3.63, 3.8) is 0 Å². The summed E-state index contributed by atoms with van der Waals surface area (Å²) in [5.41, 5.74) is 3.27. The van der Waals surface area contributed by atoms with Crippen LogP contribution in [0.25, 0.3) is 0 Å². The number of benzene rings is 2. The minimum atomic E-state index is -0.190. The Balaban J connectivity index is 1.38. The lowest BCUT2D eigenvalue weighted by atomic mass is 9.91. The second-order valence-corrected chi connectivity index (χ2v) is 6.30. The summed E-state index contributed by atoms with van der Waals surface area (Å²) < 4.78 is 16.8. The van der Waals surface area contributed by atoms with Gasteiger partial charge >= 0.3 is 0 Å². The number of fused-ring (bicyclic) bond motifs is 2. The Morgan fingerprint density at radius 3 is 2.80 bits per heavy atom. The van der Waals surface area contributed by atoms with Gasteiger partial charge in [-0.3, -0.25) is 4.79 Å². The monoisotopic (exact) mass is 339 g/mol. The van der Waals surface area contributed by atoms with Gasteiger partial charge in [0.25, 0.3) is 5.91 Å². The molecular formula is C20H21NO4. The van der Waals surface area contributed by atoms with Crippen LogP contribution in [-0.4, -0.2) is 25.7 Å². The van der Waals surface area contributed by atoms with Gasteiger partial charge in [0.1, 0.15) is 19.0 Å². The second kappa shape index (κ2) is 7.05. The lowest BCUT2D eigenvalue weighted by Gasteiger charge is -2.20. The van der Waals surface area contributed by atoms with E-state index in [4.69, 9.17) is 14.2 Å². The van der Waals surface area contributed by atoms with E-state index in [0.29, 0.717) is 30.4 Å². The van der Waals surface area contributed by atoms with Gasteiger partial charge in [-0.15, -0.1) is 0 Å². The average molecular weight is 339 g/mol. The van der Waals surface area contributed by atoms with E-state index in [1.807, 2.05) is 12.1 Å². The van der Waals surface area contributed by atoms with Crippen LogP contribution in [0.5, 0.6) is 17.2 Å². The lowest BCUT2D eigenvalue weighted by molar-refractivity contribution is -0.118. The molecule has 5 heteroatoms. The molecule has 130 valence electrons. The second-order valence-electron chi connectivity index (χ2n) is 6.30. The molecule has 0 saturated heterocycles. The van der Waals surface area contributed by atoms with Crippen molar-refractivity contribution >= 4 is 11.6 Å². The molecule has 2 aromatic rings. The van der Waals surface area contributed by atoms with E-state index in [1.54, 1.807) is 18.2 Å². The molecule has 1 aliphatic carbocycles.